The summed E-state index contributed by atoms with van der Waals surface area (Å²) in [5, 5.41) is 6.27. The first kappa shape index (κ1) is 17.5. The molecule has 1 aliphatic rings. The van der Waals surface area contributed by atoms with Gasteiger partial charge in [0.1, 0.15) is 0 Å². The predicted molar refractivity (Wildman–Crippen MR) is 95.3 cm³/mol. The van der Waals surface area contributed by atoms with Crippen LogP contribution < -0.4 is 15.5 Å². The molecule has 2 amide bonds. The highest BCUT2D eigenvalue weighted by molar-refractivity contribution is 6.31. The Hall–Kier alpha value is -2.34. The fourth-order valence-corrected chi connectivity index (χ4v) is 3.06. The lowest BCUT2D eigenvalue weighted by molar-refractivity contribution is 0.249. The van der Waals surface area contributed by atoms with E-state index in [4.69, 9.17) is 11.6 Å². The Morgan fingerprint density at radius 3 is 2.80 bits per heavy atom. The lowest BCUT2D eigenvalue weighted by Gasteiger charge is -2.19. The highest BCUT2D eigenvalue weighted by atomic mass is 35.5. The number of rotatable bonds is 3. The summed E-state index contributed by atoms with van der Waals surface area (Å²) in [7, 11) is 0. The molecule has 7 heteroatoms. The van der Waals surface area contributed by atoms with Gasteiger partial charge in [0.15, 0.2) is 11.6 Å². The summed E-state index contributed by atoms with van der Waals surface area (Å²) in [6.45, 7) is 3.03. The Bertz CT molecular complexity index is 800. The number of benzene rings is 2. The van der Waals surface area contributed by atoms with E-state index in [1.54, 1.807) is 18.2 Å². The quantitative estimate of drug-likeness (QED) is 0.850. The molecule has 1 heterocycles. The maximum Gasteiger partial charge on any atom is 0.319 e. The maximum atomic E-state index is 13.4. The van der Waals surface area contributed by atoms with Crippen LogP contribution in [0.2, 0.25) is 5.02 Å². The van der Waals surface area contributed by atoms with E-state index in [2.05, 4.69) is 10.6 Å². The van der Waals surface area contributed by atoms with Crippen molar-refractivity contribution in [3.8, 4) is 0 Å². The van der Waals surface area contributed by atoms with Crippen LogP contribution in [0.4, 0.5) is 25.0 Å². The molecule has 2 aromatic carbocycles. The summed E-state index contributed by atoms with van der Waals surface area (Å²) in [5.74, 6) is -1.74. The van der Waals surface area contributed by atoms with E-state index in [9.17, 15) is 13.6 Å². The normalized spacial score (nSPS) is 16.8. The van der Waals surface area contributed by atoms with Crippen molar-refractivity contribution >= 4 is 29.0 Å². The molecule has 0 radical (unpaired) electrons. The minimum absolute atomic E-state index is 0.0763. The van der Waals surface area contributed by atoms with Crippen molar-refractivity contribution in [2.45, 2.75) is 19.4 Å². The van der Waals surface area contributed by atoms with Crippen molar-refractivity contribution in [3.63, 3.8) is 0 Å². The third-order valence-corrected chi connectivity index (χ3v) is 4.72. The standard InChI is InChI=1S/C18H18ClF2N3O/c1-11-14(19)3-2-4-17(11)23-18(25)22-12-7-8-24(10-12)13-5-6-15(20)16(21)9-13/h2-6,9,12H,7-8,10H2,1H3,(H2,22,23,25). The molecule has 25 heavy (non-hydrogen) atoms. The number of hydrogen-bond acceptors (Lipinski definition) is 2. The van der Waals surface area contributed by atoms with Gasteiger partial charge in [0.2, 0.25) is 0 Å². The molecule has 1 saturated heterocycles. The van der Waals surface area contributed by atoms with Gasteiger partial charge >= 0.3 is 6.03 Å². The Morgan fingerprint density at radius 1 is 1.24 bits per heavy atom. The lowest BCUT2D eigenvalue weighted by atomic mass is 10.2. The molecule has 0 aliphatic carbocycles. The van der Waals surface area contributed by atoms with Gasteiger partial charge < -0.3 is 15.5 Å². The van der Waals surface area contributed by atoms with E-state index < -0.39 is 11.6 Å². The van der Waals surface area contributed by atoms with Gasteiger partial charge in [-0.1, -0.05) is 17.7 Å². The molecule has 0 spiro atoms. The second-order valence-electron chi connectivity index (χ2n) is 6.04. The molecule has 0 saturated carbocycles. The van der Waals surface area contributed by atoms with Gasteiger partial charge in [0.25, 0.3) is 0 Å². The van der Waals surface area contributed by atoms with Gasteiger partial charge in [-0.25, -0.2) is 13.6 Å². The van der Waals surface area contributed by atoms with Crippen molar-refractivity contribution < 1.29 is 13.6 Å². The highest BCUT2D eigenvalue weighted by Crippen LogP contribution is 2.24. The number of nitrogens with zero attached hydrogens (tertiary/aromatic N) is 1. The Kier molecular flexibility index (Phi) is 5.08. The summed E-state index contributed by atoms with van der Waals surface area (Å²) >= 11 is 6.04. The lowest BCUT2D eigenvalue weighted by Crippen LogP contribution is -2.39. The SMILES string of the molecule is Cc1c(Cl)cccc1NC(=O)NC1CCN(c2ccc(F)c(F)c2)C1. The summed E-state index contributed by atoms with van der Waals surface area (Å²) in [6.07, 6.45) is 0.723. The van der Waals surface area contributed by atoms with Crippen LogP contribution >= 0.6 is 11.6 Å². The van der Waals surface area contributed by atoms with E-state index >= 15 is 0 Å². The molecule has 2 N–H and O–H groups in total. The van der Waals surface area contributed by atoms with Gasteiger partial charge in [-0.15, -0.1) is 0 Å². The maximum absolute atomic E-state index is 13.4. The van der Waals surface area contributed by atoms with Crippen molar-refractivity contribution in [1.29, 1.82) is 0 Å². The third kappa shape index (κ3) is 4.02. The van der Waals surface area contributed by atoms with E-state index in [0.717, 1.165) is 18.1 Å². The van der Waals surface area contributed by atoms with Crippen LogP contribution in [-0.4, -0.2) is 25.2 Å². The fourth-order valence-electron chi connectivity index (χ4n) is 2.88. The number of halogens is 3. The number of urea groups is 1. The molecule has 0 bridgehead atoms. The first-order valence-electron chi connectivity index (χ1n) is 7.96. The molecular weight excluding hydrogens is 348 g/mol. The van der Waals surface area contributed by atoms with E-state index in [1.165, 1.54) is 12.1 Å². The zero-order valence-corrected chi connectivity index (χ0v) is 14.4. The largest absolute Gasteiger partial charge is 0.369 e. The van der Waals surface area contributed by atoms with Crippen LogP contribution in [0.25, 0.3) is 0 Å². The number of amides is 2. The Labute approximate surface area is 149 Å². The molecule has 1 unspecified atom stereocenters. The van der Waals surface area contributed by atoms with Crippen LogP contribution in [0, 0.1) is 18.6 Å². The number of anilines is 2. The summed E-state index contributed by atoms with van der Waals surface area (Å²) < 4.78 is 26.4. The van der Waals surface area contributed by atoms with Gasteiger partial charge in [-0.2, -0.15) is 0 Å². The van der Waals surface area contributed by atoms with Crippen molar-refractivity contribution in [3.05, 3.63) is 58.6 Å². The fraction of sp³-hybridized carbons (Fsp3) is 0.278. The molecule has 2 aromatic rings. The highest BCUT2D eigenvalue weighted by Gasteiger charge is 2.25. The molecule has 4 nitrogen and oxygen atoms in total. The third-order valence-electron chi connectivity index (χ3n) is 4.31. The van der Waals surface area contributed by atoms with Crippen molar-refractivity contribution in [2.24, 2.45) is 0 Å². The van der Waals surface area contributed by atoms with Crippen molar-refractivity contribution in [1.82, 2.24) is 5.32 Å². The predicted octanol–water partition coefficient (Wildman–Crippen LogP) is 4.33. The van der Waals surface area contributed by atoms with E-state index in [-0.39, 0.29) is 12.1 Å². The topological polar surface area (TPSA) is 44.4 Å². The van der Waals surface area contributed by atoms with Crippen LogP contribution in [-0.2, 0) is 0 Å². The zero-order chi connectivity index (χ0) is 18.0. The van der Waals surface area contributed by atoms with Crippen LogP contribution in [0.3, 0.4) is 0 Å². The minimum Gasteiger partial charge on any atom is -0.369 e. The van der Waals surface area contributed by atoms with E-state index in [1.807, 2.05) is 11.8 Å². The molecule has 1 aliphatic heterocycles. The zero-order valence-electron chi connectivity index (χ0n) is 13.7. The summed E-state index contributed by atoms with van der Waals surface area (Å²) in [6, 6.07) is 8.74. The second kappa shape index (κ2) is 7.27. The summed E-state index contributed by atoms with van der Waals surface area (Å²) in [4.78, 5) is 14.1. The van der Waals surface area contributed by atoms with Gasteiger partial charge in [-0.3, -0.25) is 0 Å². The average Bonchev–Trinajstić information content (AvgIpc) is 3.03. The molecule has 1 atom stereocenters. The number of carbonyl (C=O) groups excluding carboxylic acids is 1. The average molecular weight is 366 g/mol. The molecule has 1 fully saturated rings. The summed E-state index contributed by atoms with van der Waals surface area (Å²) in [5.41, 5.74) is 2.06. The van der Waals surface area contributed by atoms with Gasteiger partial charge in [0, 0.05) is 41.6 Å². The van der Waals surface area contributed by atoms with Crippen LogP contribution in [0.15, 0.2) is 36.4 Å². The number of hydrogen-bond donors (Lipinski definition) is 2. The minimum atomic E-state index is -0.872. The molecular formula is C18H18ClF2N3O. The van der Waals surface area contributed by atoms with Crippen LogP contribution in [0.1, 0.15) is 12.0 Å². The monoisotopic (exact) mass is 365 g/mol. The number of nitrogens with one attached hydrogen (secondary N) is 2. The van der Waals surface area contributed by atoms with Gasteiger partial charge in [-0.05, 0) is 43.2 Å². The molecule has 3 rings (SSSR count). The van der Waals surface area contributed by atoms with Gasteiger partial charge in [0.05, 0.1) is 0 Å². The Morgan fingerprint density at radius 2 is 2.04 bits per heavy atom. The molecule has 132 valence electrons. The molecule has 0 aromatic heterocycles. The first-order chi connectivity index (χ1) is 11.9. The van der Waals surface area contributed by atoms with E-state index in [0.29, 0.717) is 29.5 Å². The number of carbonyl (C=O) groups is 1. The van der Waals surface area contributed by atoms with Crippen LogP contribution in [0.5, 0.6) is 0 Å². The smallest absolute Gasteiger partial charge is 0.319 e. The first-order valence-corrected chi connectivity index (χ1v) is 8.34. The van der Waals surface area contributed by atoms with Crippen molar-refractivity contribution in [2.75, 3.05) is 23.3 Å². The Balaban J connectivity index is 1.58. The second-order valence-corrected chi connectivity index (χ2v) is 6.45.